The largest absolute Gasteiger partial charge is 0.521 e. The van der Waals surface area contributed by atoms with Gasteiger partial charge in [-0.3, -0.25) is 0 Å². The van der Waals surface area contributed by atoms with E-state index >= 15 is 0 Å². The first-order valence-corrected chi connectivity index (χ1v) is 4.89. The molecule has 0 bridgehead atoms. The second-order valence-electron chi connectivity index (χ2n) is 2.82. The van der Waals surface area contributed by atoms with Crippen LogP contribution in [0.1, 0.15) is 0 Å². The van der Waals surface area contributed by atoms with Crippen LogP contribution in [0.25, 0.3) is 0 Å². The fraction of sp³-hybridized carbons (Fsp3) is 0.250. The Bertz CT molecular complexity index is 343. The minimum atomic E-state index is -4.93. The van der Waals surface area contributed by atoms with E-state index in [-0.39, 0.29) is 5.75 Å². The van der Waals surface area contributed by atoms with Gasteiger partial charge in [0.05, 0.1) is 18.1 Å². The highest BCUT2D eigenvalue weighted by molar-refractivity contribution is 9.10. The van der Waals surface area contributed by atoms with Crippen LogP contribution >= 0.6 is 15.9 Å². The molecule has 7 heteroatoms. The van der Waals surface area contributed by atoms with Crippen molar-refractivity contribution in [3.8, 4) is 11.5 Å². The average molecular weight is 284 g/mol. The molecule has 1 aromatic carbocycles. The van der Waals surface area contributed by atoms with Gasteiger partial charge in [0.2, 0.25) is 0 Å². The summed E-state index contributed by atoms with van der Waals surface area (Å²) in [5, 5.41) is 0. The number of benzene rings is 1. The van der Waals surface area contributed by atoms with Crippen molar-refractivity contribution < 1.29 is 22.4 Å². The molecule has 15 heavy (non-hydrogen) atoms. The van der Waals surface area contributed by atoms with E-state index in [0.29, 0.717) is 10.2 Å². The molecule has 0 aliphatic carbocycles. The molecule has 0 amide bonds. The number of hydrogen-bond acceptors (Lipinski definition) is 2. The molecular weight excluding hydrogens is 276 g/mol. The van der Waals surface area contributed by atoms with E-state index in [2.05, 4.69) is 20.7 Å². The van der Waals surface area contributed by atoms with Gasteiger partial charge >= 0.3 is 6.98 Å². The summed E-state index contributed by atoms with van der Waals surface area (Å²) in [7, 11) is 1.47. The van der Waals surface area contributed by atoms with E-state index in [1.165, 1.54) is 19.2 Å². The first-order chi connectivity index (χ1) is 6.92. The Kier molecular flexibility index (Phi) is 3.90. The second kappa shape index (κ2) is 4.78. The topological polar surface area (TPSA) is 18.5 Å². The number of rotatable bonds is 4. The maximum atomic E-state index is 11.9. The fourth-order valence-electron chi connectivity index (χ4n) is 0.910. The molecule has 0 aliphatic heterocycles. The monoisotopic (exact) mass is 283 g/mol. The van der Waals surface area contributed by atoms with Crippen LogP contribution in [0.5, 0.6) is 11.5 Å². The number of hydrogen-bond donors (Lipinski definition) is 0. The van der Waals surface area contributed by atoms with Crippen LogP contribution in [0, 0.1) is 0 Å². The normalized spacial score (nSPS) is 11.3. The molecule has 0 saturated heterocycles. The lowest BCUT2D eigenvalue weighted by Crippen LogP contribution is -2.26. The lowest BCUT2D eigenvalue weighted by atomic mass is 9.95. The van der Waals surface area contributed by atoms with Gasteiger partial charge in [-0.15, -0.1) is 0 Å². The van der Waals surface area contributed by atoms with Gasteiger partial charge in [-0.1, -0.05) is 0 Å². The molecule has 0 radical (unpaired) electrons. The highest BCUT2D eigenvalue weighted by Crippen LogP contribution is 2.29. The molecule has 1 aromatic rings. The van der Waals surface area contributed by atoms with Gasteiger partial charge < -0.3 is 22.4 Å². The van der Waals surface area contributed by atoms with Crippen molar-refractivity contribution in [2.45, 2.75) is 0 Å². The van der Waals surface area contributed by atoms with Crippen molar-refractivity contribution in [3.63, 3.8) is 0 Å². The Morgan fingerprint density at radius 1 is 1.33 bits per heavy atom. The summed E-state index contributed by atoms with van der Waals surface area (Å²) in [6.07, 6.45) is 0. The van der Waals surface area contributed by atoms with Crippen LogP contribution in [-0.2, 0) is 0 Å². The molecule has 1 rings (SSSR count). The van der Waals surface area contributed by atoms with E-state index in [9.17, 15) is 12.9 Å². The standard InChI is InChI=1S/C8H8BBrF3O2/c1-14-6-2-3-8(7(10)4-6)15-5-9(11,12)13/h2-4H,5H2,1H3/q-1. The van der Waals surface area contributed by atoms with E-state index < -0.39 is 13.5 Å². The van der Waals surface area contributed by atoms with Crippen LogP contribution in [0.4, 0.5) is 12.9 Å². The zero-order valence-corrected chi connectivity index (χ0v) is 9.43. The maximum Gasteiger partial charge on any atom is 0.515 e. The quantitative estimate of drug-likeness (QED) is 0.790. The van der Waals surface area contributed by atoms with Gasteiger partial charge in [-0.2, -0.15) is 0 Å². The maximum absolute atomic E-state index is 11.9. The Hall–Kier alpha value is -0.845. The van der Waals surface area contributed by atoms with Gasteiger partial charge in [0.15, 0.2) is 0 Å². The van der Waals surface area contributed by atoms with Crippen LogP contribution in [0.3, 0.4) is 0 Å². The Balaban J connectivity index is 2.70. The molecule has 0 atom stereocenters. The van der Waals surface area contributed by atoms with Crippen LogP contribution < -0.4 is 9.47 Å². The van der Waals surface area contributed by atoms with Gasteiger partial charge in [-0.25, -0.2) is 0 Å². The highest BCUT2D eigenvalue weighted by Gasteiger charge is 2.24. The zero-order chi connectivity index (χ0) is 11.5. The van der Waals surface area contributed by atoms with Crippen molar-refractivity contribution in [2.75, 3.05) is 13.6 Å². The third kappa shape index (κ3) is 4.03. The lowest BCUT2D eigenvalue weighted by Gasteiger charge is -2.16. The summed E-state index contributed by atoms with van der Waals surface area (Å²) in [6, 6.07) is 4.49. The van der Waals surface area contributed by atoms with Crippen LogP contribution in [0.15, 0.2) is 22.7 Å². The van der Waals surface area contributed by atoms with Crippen molar-refractivity contribution in [1.82, 2.24) is 0 Å². The van der Waals surface area contributed by atoms with Gasteiger partial charge in [0, 0.05) is 0 Å². The third-order valence-electron chi connectivity index (χ3n) is 1.57. The van der Waals surface area contributed by atoms with Crippen molar-refractivity contribution in [3.05, 3.63) is 22.7 Å². The Morgan fingerprint density at radius 3 is 2.47 bits per heavy atom. The molecule has 2 nitrogen and oxygen atoms in total. The molecule has 0 heterocycles. The Labute approximate surface area is 93.6 Å². The smallest absolute Gasteiger partial charge is 0.515 e. The molecule has 0 N–H and O–H groups in total. The minimum absolute atomic E-state index is 0.148. The van der Waals surface area contributed by atoms with E-state index in [0.717, 1.165) is 0 Å². The molecule has 0 aliphatic rings. The number of methoxy groups -OCH3 is 1. The zero-order valence-electron chi connectivity index (χ0n) is 7.84. The molecular formula is C8H8BBrF3O2-. The lowest BCUT2D eigenvalue weighted by molar-refractivity contribution is 0.311. The fourth-order valence-corrected chi connectivity index (χ4v) is 1.38. The highest BCUT2D eigenvalue weighted by atomic mass is 79.9. The van der Waals surface area contributed by atoms with Gasteiger partial charge in [0.1, 0.15) is 11.5 Å². The third-order valence-corrected chi connectivity index (χ3v) is 2.19. The van der Waals surface area contributed by atoms with Crippen molar-refractivity contribution >= 4 is 22.9 Å². The first-order valence-electron chi connectivity index (χ1n) is 4.10. The second-order valence-corrected chi connectivity index (χ2v) is 3.67. The predicted molar refractivity (Wildman–Crippen MR) is 55.3 cm³/mol. The van der Waals surface area contributed by atoms with Gasteiger partial charge in [0.25, 0.3) is 0 Å². The summed E-state index contributed by atoms with van der Waals surface area (Å²) in [5.41, 5.74) is 0. The van der Waals surface area contributed by atoms with E-state index in [4.69, 9.17) is 4.74 Å². The number of halogens is 4. The molecule has 0 aromatic heterocycles. The molecule has 0 unspecified atom stereocenters. The SMILES string of the molecule is COc1ccc(OC[B-](F)(F)F)c(Br)c1. The van der Waals surface area contributed by atoms with Crippen molar-refractivity contribution in [2.24, 2.45) is 0 Å². The molecule has 84 valence electrons. The van der Waals surface area contributed by atoms with Crippen molar-refractivity contribution in [1.29, 1.82) is 0 Å². The number of ether oxygens (including phenoxy) is 2. The molecule has 0 saturated carbocycles. The van der Waals surface area contributed by atoms with Crippen LogP contribution in [0.2, 0.25) is 0 Å². The first kappa shape index (κ1) is 12.2. The molecule has 0 fully saturated rings. The summed E-state index contributed by atoms with van der Waals surface area (Å²) in [4.78, 5) is 0. The summed E-state index contributed by atoms with van der Waals surface area (Å²) >= 11 is 3.09. The van der Waals surface area contributed by atoms with Crippen LogP contribution in [-0.4, -0.2) is 20.6 Å². The predicted octanol–water partition coefficient (Wildman–Crippen LogP) is 3.22. The minimum Gasteiger partial charge on any atom is -0.521 e. The Morgan fingerprint density at radius 2 is 2.00 bits per heavy atom. The summed E-state index contributed by atoms with van der Waals surface area (Å²) < 4.78 is 45.7. The summed E-state index contributed by atoms with van der Waals surface area (Å²) in [5.74, 6) is 0.696. The van der Waals surface area contributed by atoms with Gasteiger partial charge in [-0.05, 0) is 34.1 Å². The average Bonchev–Trinajstić information content (AvgIpc) is 2.14. The van der Waals surface area contributed by atoms with E-state index in [1.54, 1.807) is 6.07 Å². The summed E-state index contributed by atoms with van der Waals surface area (Å²) in [6.45, 7) is -6.18. The van der Waals surface area contributed by atoms with E-state index in [1.807, 2.05) is 0 Å². The molecule has 0 spiro atoms.